The Bertz CT molecular complexity index is 355. The number of terminal acetylenes is 1. The third-order valence-corrected chi connectivity index (χ3v) is 1.99. The minimum Gasteiger partial charge on any atom is -0.306 e. The molecule has 1 nitrogen and oxygen atoms in total. The van der Waals surface area contributed by atoms with Crippen LogP contribution in [0.3, 0.4) is 0 Å². The van der Waals surface area contributed by atoms with E-state index in [4.69, 9.17) is 6.42 Å². The smallest absolute Gasteiger partial charge is 0.129 e. The maximum Gasteiger partial charge on any atom is 0.129 e. The van der Waals surface area contributed by atoms with Gasteiger partial charge >= 0.3 is 0 Å². The van der Waals surface area contributed by atoms with Gasteiger partial charge in [-0.05, 0) is 18.7 Å². The van der Waals surface area contributed by atoms with Crippen LogP contribution in [-0.4, -0.2) is 13.1 Å². The van der Waals surface area contributed by atoms with Gasteiger partial charge in [0.2, 0.25) is 0 Å². The van der Waals surface area contributed by atoms with Crippen LogP contribution in [0.4, 0.5) is 8.78 Å². The molecule has 1 atom stereocenters. The van der Waals surface area contributed by atoms with Gasteiger partial charge in [-0.25, -0.2) is 8.78 Å². The highest BCUT2D eigenvalue weighted by Gasteiger charge is 2.08. The first kappa shape index (κ1) is 10.7. The van der Waals surface area contributed by atoms with Crippen molar-refractivity contribution in [2.24, 2.45) is 0 Å². The molecule has 74 valence electrons. The number of hydrogen-bond donors (Lipinski definition) is 1. The summed E-state index contributed by atoms with van der Waals surface area (Å²) >= 11 is 0. The van der Waals surface area contributed by atoms with Gasteiger partial charge in [-0.3, -0.25) is 0 Å². The summed E-state index contributed by atoms with van der Waals surface area (Å²) < 4.78 is 25.7. The van der Waals surface area contributed by atoms with E-state index < -0.39 is 11.6 Å². The summed E-state index contributed by atoms with van der Waals surface area (Å²) in [5.74, 6) is 1.34. The van der Waals surface area contributed by atoms with Crippen LogP contribution in [0.25, 0.3) is 0 Å². The van der Waals surface area contributed by atoms with Gasteiger partial charge in [-0.1, -0.05) is 12.0 Å². The minimum atomic E-state index is -0.576. The van der Waals surface area contributed by atoms with Gasteiger partial charge in [0.1, 0.15) is 11.6 Å². The third-order valence-electron chi connectivity index (χ3n) is 1.99. The summed E-state index contributed by atoms with van der Waals surface area (Å²) in [6, 6.07) is 3.27. The molecule has 0 bridgehead atoms. The summed E-state index contributed by atoms with van der Waals surface area (Å²) in [4.78, 5) is 0. The minimum absolute atomic E-state index is 0.227. The molecule has 0 aliphatic rings. The van der Waals surface area contributed by atoms with E-state index in [1.165, 1.54) is 12.1 Å². The molecule has 1 unspecified atom stereocenters. The van der Waals surface area contributed by atoms with Gasteiger partial charge in [0.25, 0.3) is 0 Å². The van der Waals surface area contributed by atoms with Crippen LogP contribution >= 0.6 is 0 Å². The molecule has 0 aliphatic carbocycles. The zero-order valence-electron chi connectivity index (χ0n) is 7.85. The fraction of sp³-hybridized carbons (Fsp3) is 0.273. The highest BCUT2D eigenvalue weighted by atomic mass is 19.1. The second-order valence-corrected chi connectivity index (χ2v) is 2.95. The molecule has 1 aromatic rings. The maximum atomic E-state index is 13.1. The standard InChI is InChI=1S/C11H11F2N/c1-3-10(14-2)6-8-4-5-9(12)7-11(8)13/h1,4-5,7,10,14H,6H2,2H3. The average molecular weight is 195 g/mol. The van der Waals surface area contributed by atoms with Crippen molar-refractivity contribution in [3.8, 4) is 12.3 Å². The molecule has 1 aromatic carbocycles. The maximum absolute atomic E-state index is 13.1. The lowest BCUT2D eigenvalue weighted by Gasteiger charge is -2.09. The fourth-order valence-corrected chi connectivity index (χ4v) is 1.15. The zero-order chi connectivity index (χ0) is 10.6. The lowest BCUT2D eigenvalue weighted by atomic mass is 10.1. The van der Waals surface area contributed by atoms with Crippen LogP contribution < -0.4 is 5.32 Å². The molecule has 14 heavy (non-hydrogen) atoms. The van der Waals surface area contributed by atoms with Crippen molar-refractivity contribution in [2.45, 2.75) is 12.5 Å². The Balaban J connectivity index is 2.82. The van der Waals surface area contributed by atoms with E-state index in [0.717, 1.165) is 6.07 Å². The summed E-state index contributed by atoms with van der Waals surface area (Å²) in [6.07, 6.45) is 5.56. The first-order valence-electron chi connectivity index (χ1n) is 4.24. The average Bonchev–Trinajstić information content (AvgIpc) is 2.17. The molecule has 0 saturated heterocycles. The monoisotopic (exact) mass is 195 g/mol. The third kappa shape index (κ3) is 2.54. The summed E-state index contributed by atoms with van der Waals surface area (Å²) in [5, 5.41) is 2.85. The van der Waals surface area contributed by atoms with Crippen molar-refractivity contribution in [2.75, 3.05) is 7.05 Å². The Morgan fingerprint density at radius 2 is 2.21 bits per heavy atom. The van der Waals surface area contributed by atoms with E-state index in [9.17, 15) is 8.78 Å². The first-order chi connectivity index (χ1) is 6.67. The van der Waals surface area contributed by atoms with Gasteiger partial charge < -0.3 is 5.32 Å². The summed E-state index contributed by atoms with van der Waals surface area (Å²) in [7, 11) is 1.70. The van der Waals surface area contributed by atoms with Crippen molar-refractivity contribution in [3.63, 3.8) is 0 Å². The highest BCUT2D eigenvalue weighted by molar-refractivity contribution is 5.21. The lowest BCUT2D eigenvalue weighted by Crippen LogP contribution is -2.25. The second-order valence-electron chi connectivity index (χ2n) is 2.95. The van der Waals surface area contributed by atoms with Gasteiger partial charge in [0, 0.05) is 12.5 Å². The van der Waals surface area contributed by atoms with E-state index in [1.807, 2.05) is 0 Å². The van der Waals surface area contributed by atoms with Crippen LogP contribution in [0.2, 0.25) is 0 Å². The van der Waals surface area contributed by atoms with E-state index >= 15 is 0 Å². The van der Waals surface area contributed by atoms with Crippen LogP contribution in [-0.2, 0) is 6.42 Å². The van der Waals surface area contributed by atoms with Crippen molar-refractivity contribution >= 4 is 0 Å². The number of halogens is 2. The van der Waals surface area contributed by atoms with Crippen LogP contribution in [0.5, 0.6) is 0 Å². The first-order valence-corrected chi connectivity index (χ1v) is 4.24. The van der Waals surface area contributed by atoms with Crippen LogP contribution in [0, 0.1) is 24.0 Å². The van der Waals surface area contributed by atoms with E-state index in [-0.39, 0.29) is 6.04 Å². The molecule has 0 fully saturated rings. The van der Waals surface area contributed by atoms with Gasteiger partial charge in [0.05, 0.1) is 6.04 Å². The number of benzene rings is 1. The Labute approximate surface area is 82.1 Å². The molecule has 0 spiro atoms. The molecule has 0 radical (unpaired) electrons. The predicted molar refractivity (Wildman–Crippen MR) is 51.7 cm³/mol. The molecule has 0 amide bonds. The SMILES string of the molecule is C#CC(Cc1ccc(F)cc1F)NC. The van der Waals surface area contributed by atoms with E-state index in [1.54, 1.807) is 7.05 Å². The molecule has 0 aliphatic heterocycles. The topological polar surface area (TPSA) is 12.0 Å². The van der Waals surface area contributed by atoms with Gasteiger partial charge in [-0.2, -0.15) is 0 Å². The van der Waals surface area contributed by atoms with E-state index in [2.05, 4.69) is 11.2 Å². The lowest BCUT2D eigenvalue weighted by molar-refractivity contribution is 0.562. The molecule has 1 N–H and O–H groups in total. The largest absolute Gasteiger partial charge is 0.306 e. The normalized spacial score (nSPS) is 12.1. The molecule has 0 aromatic heterocycles. The quantitative estimate of drug-likeness (QED) is 0.724. The number of nitrogens with one attached hydrogen (secondary N) is 1. The molecular formula is C11H11F2N. The fourth-order valence-electron chi connectivity index (χ4n) is 1.15. The predicted octanol–water partition coefficient (Wildman–Crippen LogP) is 1.73. The van der Waals surface area contributed by atoms with Gasteiger partial charge in [0.15, 0.2) is 0 Å². The van der Waals surface area contributed by atoms with Crippen molar-refractivity contribution in [1.82, 2.24) is 5.32 Å². The molecular weight excluding hydrogens is 184 g/mol. The number of hydrogen-bond acceptors (Lipinski definition) is 1. The second kappa shape index (κ2) is 4.73. The Hall–Kier alpha value is -1.40. The van der Waals surface area contributed by atoms with Gasteiger partial charge in [-0.15, -0.1) is 6.42 Å². The van der Waals surface area contributed by atoms with Crippen LogP contribution in [0.15, 0.2) is 18.2 Å². The molecule has 0 saturated carbocycles. The Kier molecular flexibility index (Phi) is 3.61. The van der Waals surface area contributed by atoms with Crippen molar-refractivity contribution < 1.29 is 8.78 Å². The zero-order valence-corrected chi connectivity index (χ0v) is 7.85. The van der Waals surface area contributed by atoms with Crippen molar-refractivity contribution in [1.29, 1.82) is 0 Å². The molecule has 1 rings (SSSR count). The Morgan fingerprint density at radius 3 is 2.71 bits per heavy atom. The summed E-state index contributed by atoms with van der Waals surface area (Å²) in [5.41, 5.74) is 0.420. The number of rotatable bonds is 3. The Morgan fingerprint density at radius 1 is 1.50 bits per heavy atom. The van der Waals surface area contributed by atoms with Crippen molar-refractivity contribution in [3.05, 3.63) is 35.4 Å². The highest BCUT2D eigenvalue weighted by Crippen LogP contribution is 2.11. The molecule has 3 heteroatoms. The summed E-state index contributed by atoms with van der Waals surface area (Å²) in [6.45, 7) is 0. The van der Waals surface area contributed by atoms with Crippen LogP contribution in [0.1, 0.15) is 5.56 Å². The number of likely N-dealkylation sites (N-methyl/N-ethyl adjacent to an activating group) is 1. The molecule has 0 heterocycles. The van der Waals surface area contributed by atoms with E-state index in [0.29, 0.717) is 12.0 Å².